The Morgan fingerprint density at radius 3 is 2.32 bits per heavy atom. The van der Waals surface area contributed by atoms with Crippen LogP contribution in [0.4, 0.5) is 5.95 Å². The Labute approximate surface area is 200 Å². The number of fused-ring (bicyclic) bond motifs is 1. The number of rotatable bonds is 10. The van der Waals surface area contributed by atoms with E-state index < -0.39 is 11.9 Å². The van der Waals surface area contributed by atoms with Gasteiger partial charge < -0.3 is 19.8 Å². The Morgan fingerprint density at radius 2 is 1.71 bits per heavy atom. The van der Waals surface area contributed by atoms with Crippen LogP contribution in [0.2, 0.25) is 0 Å². The van der Waals surface area contributed by atoms with Crippen LogP contribution in [-0.2, 0) is 9.59 Å². The number of anilines is 1. The Bertz CT molecular complexity index is 968. The van der Waals surface area contributed by atoms with Gasteiger partial charge in [-0.25, -0.2) is 14.6 Å². The molecule has 3 rings (SSSR count). The topological polar surface area (TPSA) is 116 Å². The number of benzene rings is 1. The first-order valence-electron chi connectivity index (χ1n) is 11.6. The van der Waals surface area contributed by atoms with E-state index in [-0.39, 0.29) is 0 Å². The van der Waals surface area contributed by atoms with E-state index in [1.165, 1.54) is 12.8 Å². The lowest BCUT2D eigenvalue weighted by Crippen LogP contribution is -2.47. The highest BCUT2D eigenvalue weighted by molar-refractivity contribution is 5.89. The predicted molar refractivity (Wildman–Crippen MR) is 132 cm³/mol. The second-order valence-corrected chi connectivity index (χ2v) is 7.77. The molecular weight excluding hydrogens is 436 g/mol. The molecule has 1 aliphatic rings. The van der Waals surface area contributed by atoms with Crippen LogP contribution < -0.4 is 9.64 Å². The van der Waals surface area contributed by atoms with Crippen molar-refractivity contribution in [1.82, 2.24) is 14.9 Å². The number of aliphatic carboxylic acids is 2. The highest BCUT2D eigenvalue weighted by Crippen LogP contribution is 2.26. The van der Waals surface area contributed by atoms with Crippen LogP contribution in [-0.4, -0.2) is 76.4 Å². The molecule has 9 nitrogen and oxygen atoms in total. The highest BCUT2D eigenvalue weighted by Gasteiger charge is 2.20. The zero-order valence-electron chi connectivity index (χ0n) is 19.9. The van der Waals surface area contributed by atoms with Crippen LogP contribution in [0, 0.1) is 0 Å². The van der Waals surface area contributed by atoms with Gasteiger partial charge in [0.15, 0.2) is 0 Å². The summed E-state index contributed by atoms with van der Waals surface area (Å²) >= 11 is 0. The van der Waals surface area contributed by atoms with Crippen molar-refractivity contribution in [3.63, 3.8) is 0 Å². The van der Waals surface area contributed by atoms with Gasteiger partial charge in [0.2, 0.25) is 11.8 Å². The Kier molecular flexibility index (Phi) is 11.5. The first-order valence-corrected chi connectivity index (χ1v) is 11.6. The predicted octanol–water partition coefficient (Wildman–Crippen LogP) is 3.61. The summed E-state index contributed by atoms with van der Waals surface area (Å²) in [6.45, 7) is 9.98. The lowest BCUT2D eigenvalue weighted by Gasteiger charge is -2.34. The number of carboxylic acids is 2. The number of unbranched alkanes of at least 4 members (excludes halogenated alkanes) is 2. The molecule has 0 aliphatic carbocycles. The van der Waals surface area contributed by atoms with Crippen LogP contribution in [0.1, 0.15) is 33.1 Å². The number of nitrogens with zero attached hydrogens (tertiary/aromatic N) is 4. The van der Waals surface area contributed by atoms with Gasteiger partial charge >= 0.3 is 11.9 Å². The molecule has 1 aliphatic heterocycles. The molecule has 2 N–H and O–H groups in total. The molecule has 1 saturated heterocycles. The van der Waals surface area contributed by atoms with E-state index in [2.05, 4.69) is 35.8 Å². The summed E-state index contributed by atoms with van der Waals surface area (Å²) in [4.78, 5) is 33.4. The molecule has 9 heteroatoms. The molecule has 1 fully saturated rings. The number of allylic oxidation sites excluding steroid dienone is 1. The minimum Gasteiger partial charge on any atom is -0.478 e. The maximum atomic E-state index is 9.55. The van der Waals surface area contributed by atoms with E-state index >= 15 is 0 Å². The van der Waals surface area contributed by atoms with Gasteiger partial charge in [-0.2, -0.15) is 4.98 Å². The van der Waals surface area contributed by atoms with Gasteiger partial charge in [0.1, 0.15) is 0 Å². The molecule has 0 spiro atoms. The number of hydrogen-bond acceptors (Lipinski definition) is 7. The first-order chi connectivity index (χ1) is 16.4. The van der Waals surface area contributed by atoms with Gasteiger partial charge in [0, 0.05) is 44.9 Å². The highest BCUT2D eigenvalue weighted by atomic mass is 16.5. The fourth-order valence-electron chi connectivity index (χ4n) is 3.34. The lowest BCUT2D eigenvalue weighted by atomic mass is 10.2. The maximum Gasteiger partial charge on any atom is 0.328 e. The SMILES string of the molecule is C/C=C/CN1CCN(c2nc(OCCCCC)c3ccccc3n2)CC1.O=C(O)/C=C/C(=O)O. The lowest BCUT2D eigenvalue weighted by molar-refractivity contribution is -0.134. The maximum absolute atomic E-state index is 9.55. The molecule has 184 valence electrons. The summed E-state index contributed by atoms with van der Waals surface area (Å²) in [5.74, 6) is -1.00. The Hall–Kier alpha value is -3.46. The van der Waals surface area contributed by atoms with E-state index in [4.69, 9.17) is 24.9 Å². The summed E-state index contributed by atoms with van der Waals surface area (Å²) in [6.07, 6.45) is 8.88. The average Bonchev–Trinajstić information content (AvgIpc) is 2.84. The molecule has 0 bridgehead atoms. The van der Waals surface area contributed by atoms with Gasteiger partial charge in [0.25, 0.3) is 0 Å². The quantitative estimate of drug-likeness (QED) is 0.305. The smallest absolute Gasteiger partial charge is 0.328 e. The minimum atomic E-state index is -1.26. The van der Waals surface area contributed by atoms with E-state index in [0.29, 0.717) is 18.8 Å². The molecular formula is C25H34N4O5. The number of ether oxygens (including phenoxy) is 1. The molecule has 34 heavy (non-hydrogen) atoms. The third-order valence-corrected chi connectivity index (χ3v) is 5.17. The summed E-state index contributed by atoms with van der Waals surface area (Å²) in [5.41, 5.74) is 0.958. The third kappa shape index (κ3) is 9.19. The number of carboxylic acid groups (broad SMARTS) is 2. The van der Waals surface area contributed by atoms with Crippen LogP contribution in [0.25, 0.3) is 10.9 Å². The molecule has 0 amide bonds. The van der Waals surface area contributed by atoms with E-state index in [1.807, 2.05) is 24.3 Å². The molecule has 0 unspecified atom stereocenters. The van der Waals surface area contributed by atoms with Gasteiger partial charge in [0.05, 0.1) is 17.5 Å². The van der Waals surface area contributed by atoms with Gasteiger partial charge in [-0.3, -0.25) is 4.90 Å². The van der Waals surface area contributed by atoms with E-state index in [0.717, 1.165) is 61.9 Å². The average molecular weight is 471 g/mol. The van der Waals surface area contributed by atoms with Crippen molar-refractivity contribution in [1.29, 1.82) is 0 Å². The zero-order chi connectivity index (χ0) is 24.8. The number of aromatic nitrogens is 2. The standard InChI is InChI=1S/C21H30N4O.C4H4O4/c1-3-5-9-17-26-20-18-10-7-8-11-19(18)22-21(23-20)25-15-13-24(14-16-25)12-6-4-2;5-3(6)1-2-4(7)8/h4,6-8,10-11H,3,5,9,12-17H2,1-2H3;1-2H,(H,5,6)(H,7,8)/b6-4+;2-1+. The monoisotopic (exact) mass is 470 g/mol. The zero-order valence-corrected chi connectivity index (χ0v) is 19.9. The van der Waals surface area contributed by atoms with Crippen molar-refractivity contribution < 1.29 is 24.5 Å². The number of piperazine rings is 1. The van der Waals surface area contributed by atoms with Gasteiger partial charge in [-0.15, -0.1) is 0 Å². The van der Waals surface area contributed by atoms with Crippen LogP contribution in [0.5, 0.6) is 5.88 Å². The Balaban J connectivity index is 0.000000440. The van der Waals surface area contributed by atoms with E-state index in [1.54, 1.807) is 0 Å². The third-order valence-electron chi connectivity index (χ3n) is 5.17. The van der Waals surface area contributed by atoms with Gasteiger partial charge in [-0.1, -0.05) is 44.1 Å². The summed E-state index contributed by atoms with van der Waals surface area (Å²) in [7, 11) is 0. The second-order valence-electron chi connectivity index (χ2n) is 7.77. The van der Waals surface area contributed by atoms with Gasteiger partial charge in [-0.05, 0) is 25.5 Å². The van der Waals surface area contributed by atoms with Crippen LogP contribution in [0.15, 0.2) is 48.6 Å². The number of para-hydroxylation sites is 1. The summed E-state index contributed by atoms with van der Waals surface area (Å²) < 4.78 is 6.03. The fourth-order valence-corrected chi connectivity index (χ4v) is 3.34. The molecule has 2 heterocycles. The van der Waals surface area contributed by atoms with Crippen LogP contribution >= 0.6 is 0 Å². The molecule has 1 aromatic heterocycles. The van der Waals surface area contributed by atoms with Crippen molar-refractivity contribution in [2.45, 2.75) is 33.1 Å². The fraction of sp³-hybridized carbons (Fsp3) is 0.440. The molecule has 1 aromatic carbocycles. The second kappa shape index (κ2) is 14.6. The molecule has 0 radical (unpaired) electrons. The van der Waals surface area contributed by atoms with Crippen molar-refractivity contribution in [3.05, 3.63) is 48.6 Å². The normalized spacial score (nSPS) is 14.4. The Morgan fingerprint density at radius 1 is 1.03 bits per heavy atom. The number of hydrogen-bond donors (Lipinski definition) is 2. The van der Waals surface area contributed by atoms with Crippen molar-refractivity contribution in [2.75, 3.05) is 44.2 Å². The molecule has 2 aromatic rings. The van der Waals surface area contributed by atoms with Crippen molar-refractivity contribution >= 4 is 28.8 Å². The molecule has 0 saturated carbocycles. The molecule has 0 atom stereocenters. The van der Waals surface area contributed by atoms with E-state index in [9.17, 15) is 9.59 Å². The largest absolute Gasteiger partial charge is 0.478 e. The summed E-state index contributed by atoms with van der Waals surface area (Å²) in [5, 5.41) is 16.6. The van der Waals surface area contributed by atoms with Crippen molar-refractivity contribution in [2.24, 2.45) is 0 Å². The van der Waals surface area contributed by atoms with Crippen LogP contribution in [0.3, 0.4) is 0 Å². The summed E-state index contributed by atoms with van der Waals surface area (Å²) in [6, 6.07) is 8.13. The number of carbonyl (C=O) groups is 2. The van der Waals surface area contributed by atoms with Crippen molar-refractivity contribution in [3.8, 4) is 5.88 Å². The minimum absolute atomic E-state index is 0.558. The first kappa shape index (κ1) is 26.8.